The van der Waals surface area contributed by atoms with E-state index in [2.05, 4.69) is 22.6 Å². The van der Waals surface area contributed by atoms with E-state index in [0.717, 1.165) is 37.2 Å². The Kier molecular flexibility index (Phi) is 4.79. The molecule has 0 fully saturated rings. The third-order valence-electron chi connectivity index (χ3n) is 4.57. The molecule has 1 aromatic heterocycles. The Morgan fingerprint density at radius 3 is 2.96 bits per heavy atom. The van der Waals surface area contributed by atoms with Gasteiger partial charge in [-0.3, -0.25) is 14.3 Å². The number of nitrogens with zero attached hydrogens (tertiary/aromatic N) is 3. The fraction of sp³-hybridized carbons (Fsp3) is 0.588. The van der Waals surface area contributed by atoms with E-state index in [4.69, 9.17) is 0 Å². The molecule has 23 heavy (non-hydrogen) atoms. The molecule has 0 saturated carbocycles. The van der Waals surface area contributed by atoms with E-state index in [1.54, 1.807) is 0 Å². The van der Waals surface area contributed by atoms with Crippen molar-refractivity contribution in [3.05, 3.63) is 29.6 Å². The van der Waals surface area contributed by atoms with Crippen LogP contribution in [0.25, 0.3) is 0 Å². The van der Waals surface area contributed by atoms with Crippen molar-refractivity contribution in [2.45, 2.75) is 52.2 Å². The molecule has 1 aliphatic heterocycles. The van der Waals surface area contributed by atoms with Gasteiger partial charge in [0.1, 0.15) is 0 Å². The zero-order valence-corrected chi connectivity index (χ0v) is 13.6. The van der Waals surface area contributed by atoms with Gasteiger partial charge in [0.2, 0.25) is 11.8 Å². The maximum Gasteiger partial charge on any atom is 0.226 e. The lowest BCUT2D eigenvalue weighted by molar-refractivity contribution is -0.137. The van der Waals surface area contributed by atoms with Crippen LogP contribution in [-0.2, 0) is 29.2 Å². The molecule has 1 atom stereocenters. The molecule has 2 heterocycles. The van der Waals surface area contributed by atoms with Gasteiger partial charge in [0.15, 0.2) is 0 Å². The van der Waals surface area contributed by atoms with Crippen LogP contribution in [0.5, 0.6) is 0 Å². The number of aromatic nitrogens is 2. The average Bonchev–Trinajstić information content (AvgIpc) is 3.01. The highest BCUT2D eigenvalue weighted by atomic mass is 16.2. The summed E-state index contributed by atoms with van der Waals surface area (Å²) in [7, 11) is 0. The number of carbonyl (C=O) groups is 2. The summed E-state index contributed by atoms with van der Waals surface area (Å²) in [5.74, 6) is 0.429. The Balaban J connectivity index is 1.61. The van der Waals surface area contributed by atoms with E-state index in [0.29, 0.717) is 26.1 Å². The molecule has 0 radical (unpaired) electrons. The minimum Gasteiger partial charge on any atom is -0.350 e. The Morgan fingerprint density at radius 2 is 2.22 bits per heavy atom. The van der Waals surface area contributed by atoms with E-state index >= 15 is 0 Å². The van der Waals surface area contributed by atoms with Gasteiger partial charge in [-0.05, 0) is 25.3 Å². The predicted octanol–water partition coefficient (Wildman–Crippen LogP) is 1.61. The van der Waals surface area contributed by atoms with Gasteiger partial charge in [-0.15, -0.1) is 0 Å². The van der Waals surface area contributed by atoms with Gasteiger partial charge in [0.25, 0.3) is 0 Å². The second kappa shape index (κ2) is 6.98. The zero-order chi connectivity index (χ0) is 16.2. The van der Waals surface area contributed by atoms with Gasteiger partial charge in [-0.2, -0.15) is 5.10 Å². The van der Waals surface area contributed by atoms with Gasteiger partial charge >= 0.3 is 0 Å². The van der Waals surface area contributed by atoms with Crippen molar-refractivity contribution >= 4 is 11.8 Å². The van der Waals surface area contributed by atoms with Gasteiger partial charge in [0, 0.05) is 18.9 Å². The lowest BCUT2D eigenvalue weighted by atomic mass is 9.93. The Labute approximate surface area is 136 Å². The van der Waals surface area contributed by atoms with Crippen molar-refractivity contribution in [1.29, 1.82) is 0 Å². The van der Waals surface area contributed by atoms with Gasteiger partial charge in [-0.1, -0.05) is 19.1 Å². The van der Waals surface area contributed by atoms with Crippen LogP contribution in [0.4, 0.5) is 0 Å². The molecule has 1 aliphatic carbocycles. The molecule has 3 rings (SSSR count). The summed E-state index contributed by atoms with van der Waals surface area (Å²) in [5.41, 5.74) is 1.91. The third-order valence-corrected chi connectivity index (χ3v) is 4.57. The minimum absolute atomic E-state index is 0.0260. The smallest absolute Gasteiger partial charge is 0.226 e. The van der Waals surface area contributed by atoms with Crippen LogP contribution >= 0.6 is 0 Å². The second-order valence-corrected chi connectivity index (χ2v) is 6.22. The second-order valence-electron chi connectivity index (χ2n) is 6.22. The van der Waals surface area contributed by atoms with E-state index in [1.807, 2.05) is 22.6 Å². The highest BCUT2D eigenvalue weighted by molar-refractivity contribution is 5.79. The average molecular weight is 316 g/mol. The van der Waals surface area contributed by atoms with E-state index in [-0.39, 0.29) is 17.7 Å². The van der Waals surface area contributed by atoms with Crippen LogP contribution in [0.2, 0.25) is 0 Å². The fourth-order valence-corrected chi connectivity index (χ4v) is 3.19. The van der Waals surface area contributed by atoms with Crippen molar-refractivity contribution in [3.8, 4) is 0 Å². The summed E-state index contributed by atoms with van der Waals surface area (Å²) in [6.07, 6.45) is 7.58. The molecule has 0 aromatic carbocycles. The Bertz CT molecular complexity index is 620. The first-order chi connectivity index (χ1) is 11.2. The van der Waals surface area contributed by atoms with E-state index in [1.165, 1.54) is 0 Å². The standard InChI is InChI=1S/C17H24N4O2/c1-2-16(22)18-11-14-10-15-12-20(8-9-21(15)19-14)17(23)13-6-4-3-5-7-13/h3-4,10,13H,2,5-9,11-12H2,1H3,(H,18,22). The molecule has 124 valence electrons. The monoisotopic (exact) mass is 316 g/mol. The third kappa shape index (κ3) is 3.63. The highest BCUT2D eigenvalue weighted by Gasteiger charge is 2.28. The molecular formula is C17H24N4O2. The summed E-state index contributed by atoms with van der Waals surface area (Å²) in [5, 5.41) is 7.36. The molecule has 0 saturated heterocycles. The molecule has 2 amide bonds. The summed E-state index contributed by atoms with van der Waals surface area (Å²) in [6, 6.07) is 2.00. The topological polar surface area (TPSA) is 67.2 Å². The Hall–Kier alpha value is -2.11. The zero-order valence-electron chi connectivity index (χ0n) is 13.6. The molecule has 1 unspecified atom stereocenters. The van der Waals surface area contributed by atoms with E-state index < -0.39 is 0 Å². The number of hydrogen-bond donors (Lipinski definition) is 1. The van der Waals surface area contributed by atoms with Gasteiger partial charge in [-0.25, -0.2) is 0 Å². The molecule has 1 N–H and O–H groups in total. The van der Waals surface area contributed by atoms with Crippen LogP contribution in [0, 0.1) is 5.92 Å². The van der Waals surface area contributed by atoms with Crippen LogP contribution < -0.4 is 5.32 Å². The molecular weight excluding hydrogens is 292 g/mol. The van der Waals surface area contributed by atoms with E-state index in [9.17, 15) is 9.59 Å². The molecule has 0 bridgehead atoms. The molecule has 0 spiro atoms. The van der Waals surface area contributed by atoms with Crippen LogP contribution in [-0.4, -0.2) is 33.0 Å². The summed E-state index contributed by atoms with van der Waals surface area (Å²) in [6.45, 7) is 4.35. The maximum absolute atomic E-state index is 12.6. The number of fused-ring (bicyclic) bond motifs is 1. The number of allylic oxidation sites excluding steroid dienone is 2. The van der Waals surface area contributed by atoms with Crippen molar-refractivity contribution in [1.82, 2.24) is 20.0 Å². The first kappa shape index (κ1) is 15.8. The number of hydrogen-bond acceptors (Lipinski definition) is 3. The largest absolute Gasteiger partial charge is 0.350 e. The van der Waals surface area contributed by atoms with Crippen molar-refractivity contribution in [2.75, 3.05) is 6.54 Å². The van der Waals surface area contributed by atoms with Crippen molar-refractivity contribution < 1.29 is 9.59 Å². The van der Waals surface area contributed by atoms with Crippen molar-refractivity contribution in [3.63, 3.8) is 0 Å². The summed E-state index contributed by atoms with van der Waals surface area (Å²) in [4.78, 5) is 25.9. The molecule has 6 nitrogen and oxygen atoms in total. The summed E-state index contributed by atoms with van der Waals surface area (Å²) < 4.78 is 1.96. The first-order valence-electron chi connectivity index (χ1n) is 8.43. The quantitative estimate of drug-likeness (QED) is 0.858. The van der Waals surface area contributed by atoms with Crippen LogP contribution in [0.3, 0.4) is 0 Å². The minimum atomic E-state index is 0.0260. The highest BCUT2D eigenvalue weighted by Crippen LogP contribution is 2.23. The van der Waals surface area contributed by atoms with Gasteiger partial charge in [0.05, 0.1) is 31.0 Å². The number of carbonyl (C=O) groups excluding carboxylic acids is 2. The number of nitrogens with one attached hydrogen (secondary N) is 1. The van der Waals surface area contributed by atoms with Crippen LogP contribution in [0.1, 0.15) is 44.0 Å². The SMILES string of the molecule is CCC(=O)NCc1cc2n(n1)CCN(C(=O)C1CC=CCC1)C2. The summed E-state index contributed by atoms with van der Waals surface area (Å²) >= 11 is 0. The lowest BCUT2D eigenvalue weighted by Crippen LogP contribution is -2.41. The maximum atomic E-state index is 12.6. The molecule has 2 aliphatic rings. The lowest BCUT2D eigenvalue weighted by Gasteiger charge is -2.31. The predicted molar refractivity (Wildman–Crippen MR) is 86.3 cm³/mol. The Morgan fingerprint density at radius 1 is 1.35 bits per heavy atom. The number of rotatable bonds is 4. The molecule has 6 heteroatoms. The fourth-order valence-electron chi connectivity index (χ4n) is 3.19. The number of amides is 2. The first-order valence-corrected chi connectivity index (χ1v) is 8.43. The van der Waals surface area contributed by atoms with Crippen LogP contribution in [0.15, 0.2) is 18.2 Å². The normalized spacial score (nSPS) is 20.2. The van der Waals surface area contributed by atoms with Crippen molar-refractivity contribution in [2.24, 2.45) is 5.92 Å². The molecule has 1 aromatic rings. The van der Waals surface area contributed by atoms with Gasteiger partial charge < -0.3 is 10.2 Å².